The number of fused-ring (bicyclic) bond motifs is 1. The van der Waals surface area contributed by atoms with Gasteiger partial charge in [0.2, 0.25) is 5.91 Å². The van der Waals surface area contributed by atoms with Gasteiger partial charge in [0.05, 0.1) is 31.6 Å². The standard InChI is InChI=1S/C31H31N3O4/c1-3-22-16-21(14-15-28(22)35)18-33-20-32-25-19-34(27(17-26(25)33)31(37)38-2)30(36)29(23-10-6-4-7-11-23)24-12-8-5-9-13-24/h4-16,20,27,29,35H,3,17-19H2,1-2H3/t27-/m0/s1. The predicted octanol–water partition coefficient (Wildman–Crippen LogP) is 4.46. The zero-order valence-corrected chi connectivity index (χ0v) is 21.6. The monoisotopic (exact) mass is 509 g/mol. The molecule has 2 heterocycles. The van der Waals surface area contributed by atoms with E-state index in [0.29, 0.717) is 13.0 Å². The molecular formula is C31H31N3O4. The Morgan fingerprint density at radius 1 is 1.03 bits per heavy atom. The fourth-order valence-corrected chi connectivity index (χ4v) is 5.25. The quantitative estimate of drug-likeness (QED) is 0.372. The number of benzene rings is 3. The molecular weight excluding hydrogens is 478 g/mol. The van der Waals surface area contributed by atoms with Crippen molar-refractivity contribution in [1.29, 1.82) is 0 Å². The molecule has 0 aliphatic carbocycles. The summed E-state index contributed by atoms with van der Waals surface area (Å²) < 4.78 is 7.18. The third-order valence-corrected chi connectivity index (χ3v) is 7.26. The van der Waals surface area contributed by atoms with E-state index in [0.717, 1.165) is 40.1 Å². The van der Waals surface area contributed by atoms with Crippen LogP contribution in [0.5, 0.6) is 5.75 Å². The Morgan fingerprint density at radius 2 is 1.68 bits per heavy atom. The minimum Gasteiger partial charge on any atom is -0.508 e. The molecule has 1 atom stereocenters. The Balaban J connectivity index is 1.49. The molecule has 0 saturated carbocycles. The zero-order chi connectivity index (χ0) is 26.6. The summed E-state index contributed by atoms with van der Waals surface area (Å²) in [4.78, 5) is 33.5. The second-order valence-electron chi connectivity index (χ2n) is 9.55. The highest BCUT2D eigenvalue weighted by molar-refractivity contribution is 5.91. The second kappa shape index (κ2) is 10.9. The number of nitrogens with zero attached hydrogens (tertiary/aromatic N) is 3. The normalized spacial score (nSPS) is 14.8. The van der Waals surface area contributed by atoms with Crippen molar-refractivity contribution in [2.45, 2.75) is 44.8 Å². The second-order valence-corrected chi connectivity index (χ2v) is 9.55. The summed E-state index contributed by atoms with van der Waals surface area (Å²) in [5.74, 6) is -0.883. The van der Waals surface area contributed by atoms with E-state index in [2.05, 4.69) is 4.98 Å². The first-order chi connectivity index (χ1) is 18.5. The van der Waals surface area contributed by atoms with Crippen molar-refractivity contribution in [1.82, 2.24) is 14.5 Å². The van der Waals surface area contributed by atoms with E-state index < -0.39 is 17.9 Å². The molecule has 0 unspecified atom stereocenters. The molecule has 1 amide bonds. The van der Waals surface area contributed by atoms with Gasteiger partial charge in [0.1, 0.15) is 11.8 Å². The third-order valence-electron chi connectivity index (χ3n) is 7.26. The lowest BCUT2D eigenvalue weighted by molar-refractivity contribution is -0.154. The first-order valence-electron chi connectivity index (χ1n) is 12.8. The SMILES string of the molecule is CCc1cc(Cn2cnc3c2C[C@@H](C(=O)OC)N(C(=O)C(c2ccccc2)c2ccccc2)C3)ccc1O. The maximum Gasteiger partial charge on any atom is 0.328 e. The van der Waals surface area contributed by atoms with Gasteiger partial charge in [-0.05, 0) is 34.7 Å². The summed E-state index contributed by atoms with van der Waals surface area (Å²) >= 11 is 0. The van der Waals surface area contributed by atoms with Gasteiger partial charge in [-0.3, -0.25) is 4.79 Å². The van der Waals surface area contributed by atoms with E-state index in [1.807, 2.05) is 84.3 Å². The van der Waals surface area contributed by atoms with Crippen molar-refractivity contribution in [3.63, 3.8) is 0 Å². The third kappa shape index (κ3) is 4.92. The lowest BCUT2D eigenvalue weighted by Crippen LogP contribution is -2.51. The maximum absolute atomic E-state index is 14.2. The molecule has 5 rings (SSSR count). The van der Waals surface area contributed by atoms with Gasteiger partial charge >= 0.3 is 5.97 Å². The summed E-state index contributed by atoms with van der Waals surface area (Å²) in [6.45, 7) is 2.77. The summed E-state index contributed by atoms with van der Waals surface area (Å²) in [6, 6.07) is 24.1. The molecule has 7 heteroatoms. The molecule has 194 valence electrons. The van der Waals surface area contributed by atoms with Crippen molar-refractivity contribution in [3.8, 4) is 5.75 Å². The number of methoxy groups -OCH3 is 1. The van der Waals surface area contributed by atoms with Gasteiger partial charge in [0, 0.05) is 18.7 Å². The molecule has 1 aliphatic rings. The van der Waals surface area contributed by atoms with Crippen LogP contribution in [0.2, 0.25) is 0 Å². The fourth-order valence-electron chi connectivity index (χ4n) is 5.25. The Morgan fingerprint density at radius 3 is 2.29 bits per heavy atom. The molecule has 4 aromatic rings. The van der Waals surface area contributed by atoms with Crippen LogP contribution in [0.1, 0.15) is 46.5 Å². The highest BCUT2D eigenvalue weighted by Crippen LogP contribution is 2.32. The first-order valence-corrected chi connectivity index (χ1v) is 12.8. The van der Waals surface area contributed by atoms with Crippen LogP contribution < -0.4 is 0 Å². The van der Waals surface area contributed by atoms with E-state index in [1.165, 1.54) is 7.11 Å². The molecule has 38 heavy (non-hydrogen) atoms. The number of carbonyl (C=O) groups is 2. The van der Waals surface area contributed by atoms with Crippen LogP contribution in [0.25, 0.3) is 0 Å². The summed E-state index contributed by atoms with van der Waals surface area (Å²) in [6.07, 6.45) is 2.80. The highest BCUT2D eigenvalue weighted by Gasteiger charge is 2.40. The van der Waals surface area contributed by atoms with Crippen LogP contribution >= 0.6 is 0 Å². The lowest BCUT2D eigenvalue weighted by Gasteiger charge is -2.36. The number of phenols is 1. The first kappa shape index (κ1) is 25.3. The van der Waals surface area contributed by atoms with E-state index in [9.17, 15) is 14.7 Å². The van der Waals surface area contributed by atoms with Gasteiger partial charge in [0.25, 0.3) is 0 Å². The number of carbonyl (C=O) groups excluding carboxylic acids is 2. The number of aromatic nitrogens is 2. The topological polar surface area (TPSA) is 84.7 Å². The van der Waals surface area contributed by atoms with Crippen LogP contribution in [0, 0.1) is 0 Å². The van der Waals surface area contributed by atoms with Crippen molar-refractivity contribution >= 4 is 11.9 Å². The van der Waals surface area contributed by atoms with Crippen molar-refractivity contribution in [3.05, 3.63) is 119 Å². The van der Waals surface area contributed by atoms with Gasteiger partial charge in [-0.15, -0.1) is 0 Å². The fraction of sp³-hybridized carbons (Fsp3) is 0.258. The Hall–Kier alpha value is -4.39. The van der Waals surface area contributed by atoms with Gasteiger partial charge in [0.15, 0.2) is 0 Å². The molecule has 0 saturated heterocycles. The molecule has 0 spiro atoms. The number of hydrogen-bond donors (Lipinski definition) is 1. The average molecular weight is 510 g/mol. The molecule has 0 radical (unpaired) electrons. The minimum atomic E-state index is -0.767. The average Bonchev–Trinajstić information content (AvgIpc) is 3.35. The largest absolute Gasteiger partial charge is 0.508 e. The van der Waals surface area contributed by atoms with E-state index >= 15 is 0 Å². The van der Waals surface area contributed by atoms with Crippen LogP contribution in [0.4, 0.5) is 0 Å². The van der Waals surface area contributed by atoms with Crippen LogP contribution in [0.3, 0.4) is 0 Å². The van der Waals surface area contributed by atoms with Crippen molar-refractivity contribution in [2.24, 2.45) is 0 Å². The number of amides is 1. The minimum absolute atomic E-state index is 0.163. The van der Waals surface area contributed by atoms with Gasteiger partial charge in [-0.25, -0.2) is 9.78 Å². The molecule has 1 aromatic heterocycles. The molecule has 7 nitrogen and oxygen atoms in total. The number of rotatable bonds is 7. The maximum atomic E-state index is 14.2. The zero-order valence-electron chi connectivity index (χ0n) is 21.6. The van der Waals surface area contributed by atoms with Gasteiger partial charge < -0.3 is 19.3 Å². The number of phenolic OH excluding ortho intramolecular Hbond substituents is 1. The molecule has 0 bridgehead atoms. The highest BCUT2D eigenvalue weighted by atomic mass is 16.5. The summed E-state index contributed by atoms with van der Waals surface area (Å²) in [5.41, 5.74) is 5.32. The smallest absolute Gasteiger partial charge is 0.328 e. The molecule has 1 N–H and O–H groups in total. The van der Waals surface area contributed by atoms with Crippen LogP contribution in [0.15, 0.2) is 85.2 Å². The van der Waals surface area contributed by atoms with Gasteiger partial charge in [-0.2, -0.15) is 0 Å². The molecule has 3 aromatic carbocycles. The van der Waals surface area contributed by atoms with Crippen molar-refractivity contribution < 1.29 is 19.4 Å². The molecule has 0 fully saturated rings. The number of esters is 1. The predicted molar refractivity (Wildman–Crippen MR) is 144 cm³/mol. The number of imidazole rings is 1. The van der Waals surface area contributed by atoms with E-state index in [1.54, 1.807) is 17.3 Å². The number of aryl methyl sites for hydroxylation is 1. The van der Waals surface area contributed by atoms with Crippen molar-refractivity contribution in [2.75, 3.05) is 7.11 Å². The van der Waals surface area contributed by atoms with E-state index in [-0.39, 0.29) is 18.2 Å². The number of aromatic hydroxyl groups is 1. The van der Waals surface area contributed by atoms with Crippen LogP contribution in [-0.4, -0.2) is 44.6 Å². The Bertz CT molecular complexity index is 1390. The Labute approximate surface area is 222 Å². The van der Waals surface area contributed by atoms with Crippen LogP contribution in [-0.2, 0) is 40.3 Å². The molecule has 1 aliphatic heterocycles. The van der Waals surface area contributed by atoms with E-state index in [4.69, 9.17) is 4.74 Å². The Kier molecular flexibility index (Phi) is 7.26. The lowest BCUT2D eigenvalue weighted by atomic mass is 9.88. The van der Waals surface area contributed by atoms with Gasteiger partial charge in [-0.1, -0.05) is 79.7 Å². The number of hydrogen-bond acceptors (Lipinski definition) is 5. The summed E-state index contributed by atoms with van der Waals surface area (Å²) in [7, 11) is 1.35. The number of ether oxygens (including phenoxy) is 1. The summed E-state index contributed by atoms with van der Waals surface area (Å²) in [5, 5.41) is 10.1.